The Balaban J connectivity index is 1.69. The molecule has 0 spiro atoms. The summed E-state index contributed by atoms with van der Waals surface area (Å²) in [7, 11) is 0. The molecule has 1 aliphatic carbocycles. The highest BCUT2D eigenvalue weighted by molar-refractivity contribution is 5.55. The Hall–Kier alpha value is -2.35. The second-order valence-corrected chi connectivity index (χ2v) is 6.09. The molecule has 1 atom stereocenters. The fourth-order valence-corrected chi connectivity index (χ4v) is 3.65. The maximum atomic E-state index is 9.33. The highest BCUT2D eigenvalue weighted by Gasteiger charge is 2.31. The largest absolute Gasteiger partial charge is 0.345 e. The molecule has 0 amide bonds. The molecule has 0 unspecified atom stereocenters. The van der Waals surface area contributed by atoms with Gasteiger partial charge in [-0.3, -0.25) is 0 Å². The topological polar surface area (TPSA) is 68.6 Å². The van der Waals surface area contributed by atoms with E-state index in [0.29, 0.717) is 5.56 Å². The molecule has 0 radical (unpaired) electrons. The number of pyridine rings is 1. The van der Waals surface area contributed by atoms with Crippen molar-refractivity contribution in [2.75, 3.05) is 11.4 Å². The molecule has 5 nitrogen and oxygen atoms in total. The van der Waals surface area contributed by atoms with E-state index in [2.05, 4.69) is 20.9 Å². The van der Waals surface area contributed by atoms with Gasteiger partial charge < -0.3 is 9.88 Å². The van der Waals surface area contributed by atoms with Crippen LogP contribution in [0.25, 0.3) is 0 Å². The molecule has 0 bridgehead atoms. The number of hydrogen-bond donors (Lipinski definition) is 1. The van der Waals surface area contributed by atoms with Crippen LogP contribution in [0.15, 0.2) is 18.3 Å². The molecule has 2 aromatic rings. The number of aromatic nitrogens is 3. The first-order chi connectivity index (χ1) is 10.9. The van der Waals surface area contributed by atoms with Crippen LogP contribution >= 0.6 is 0 Å². The summed E-state index contributed by atoms with van der Waals surface area (Å²) in [6.45, 7) is 0.932. The van der Waals surface area contributed by atoms with Crippen molar-refractivity contribution in [3.8, 4) is 6.07 Å². The van der Waals surface area contributed by atoms with E-state index in [4.69, 9.17) is 4.98 Å². The summed E-state index contributed by atoms with van der Waals surface area (Å²) < 4.78 is 0. The summed E-state index contributed by atoms with van der Waals surface area (Å²) >= 11 is 0. The van der Waals surface area contributed by atoms with Gasteiger partial charge in [0.15, 0.2) is 0 Å². The number of aromatic amines is 1. The van der Waals surface area contributed by atoms with E-state index in [-0.39, 0.29) is 6.04 Å². The van der Waals surface area contributed by atoms with E-state index in [1.54, 1.807) is 6.20 Å². The number of aryl methyl sites for hydroxylation is 2. The fraction of sp³-hybridized carbons (Fsp3) is 0.471. The molecule has 112 valence electrons. The molecule has 1 aliphatic heterocycles. The number of fused-ring (bicyclic) bond motifs is 1. The van der Waals surface area contributed by atoms with Crippen LogP contribution in [0.1, 0.15) is 54.5 Å². The van der Waals surface area contributed by atoms with Crippen LogP contribution in [0.5, 0.6) is 0 Å². The molecule has 3 heterocycles. The molecule has 22 heavy (non-hydrogen) atoms. The number of nitrogens with zero attached hydrogens (tertiary/aromatic N) is 4. The van der Waals surface area contributed by atoms with Crippen LogP contribution in [0.2, 0.25) is 0 Å². The Morgan fingerprint density at radius 2 is 2.18 bits per heavy atom. The Kier molecular flexibility index (Phi) is 3.30. The summed E-state index contributed by atoms with van der Waals surface area (Å²) in [5.74, 6) is 1.85. The normalized spacial score (nSPS) is 20.7. The Morgan fingerprint density at radius 1 is 1.27 bits per heavy atom. The Morgan fingerprint density at radius 3 is 3.05 bits per heavy atom. The van der Waals surface area contributed by atoms with E-state index in [0.717, 1.165) is 43.9 Å². The number of rotatable bonds is 2. The van der Waals surface area contributed by atoms with Gasteiger partial charge in [-0.05, 0) is 50.7 Å². The molecule has 0 saturated carbocycles. The van der Waals surface area contributed by atoms with Gasteiger partial charge in [-0.25, -0.2) is 9.97 Å². The van der Waals surface area contributed by atoms with Gasteiger partial charge in [0.05, 0.1) is 17.3 Å². The minimum Gasteiger partial charge on any atom is -0.345 e. The second-order valence-electron chi connectivity index (χ2n) is 6.09. The van der Waals surface area contributed by atoms with Gasteiger partial charge in [-0.1, -0.05) is 0 Å². The van der Waals surface area contributed by atoms with Crippen molar-refractivity contribution in [3.63, 3.8) is 0 Å². The van der Waals surface area contributed by atoms with Gasteiger partial charge in [-0.2, -0.15) is 5.26 Å². The van der Waals surface area contributed by atoms with Crippen LogP contribution in [-0.2, 0) is 12.8 Å². The summed E-state index contributed by atoms with van der Waals surface area (Å²) in [6.07, 6.45) is 8.63. The minimum atomic E-state index is 0.215. The third-order valence-electron chi connectivity index (χ3n) is 4.72. The van der Waals surface area contributed by atoms with Crippen molar-refractivity contribution in [2.24, 2.45) is 0 Å². The highest BCUT2D eigenvalue weighted by atomic mass is 15.3. The van der Waals surface area contributed by atoms with Gasteiger partial charge in [0.25, 0.3) is 0 Å². The van der Waals surface area contributed by atoms with Crippen LogP contribution in [0.4, 0.5) is 5.82 Å². The number of H-pyrrole nitrogens is 1. The number of imidazole rings is 1. The van der Waals surface area contributed by atoms with E-state index < -0.39 is 0 Å². The minimum absolute atomic E-state index is 0.215. The average molecular weight is 293 g/mol. The summed E-state index contributed by atoms with van der Waals surface area (Å²) in [5, 5.41) is 9.33. The molecule has 1 saturated heterocycles. The average Bonchev–Trinajstić information content (AvgIpc) is 3.20. The fourth-order valence-electron chi connectivity index (χ4n) is 3.65. The van der Waals surface area contributed by atoms with E-state index >= 15 is 0 Å². The summed E-state index contributed by atoms with van der Waals surface area (Å²) in [6, 6.07) is 6.13. The molecular formula is C17H19N5. The monoisotopic (exact) mass is 293 g/mol. The SMILES string of the molecule is N#Cc1cccnc1N1CCC[C@@H]1c1nc2c([nH]1)CCCC2. The summed E-state index contributed by atoms with van der Waals surface area (Å²) in [5.41, 5.74) is 3.20. The van der Waals surface area contributed by atoms with E-state index in [9.17, 15) is 5.26 Å². The molecule has 2 aromatic heterocycles. The maximum absolute atomic E-state index is 9.33. The zero-order valence-electron chi connectivity index (χ0n) is 12.5. The van der Waals surface area contributed by atoms with Crippen LogP contribution < -0.4 is 4.90 Å². The van der Waals surface area contributed by atoms with Crippen molar-refractivity contribution in [1.82, 2.24) is 15.0 Å². The summed E-state index contributed by atoms with van der Waals surface area (Å²) in [4.78, 5) is 15.1. The molecule has 2 aliphatic rings. The lowest BCUT2D eigenvalue weighted by molar-refractivity contribution is 0.667. The highest BCUT2D eigenvalue weighted by Crippen LogP contribution is 2.36. The van der Waals surface area contributed by atoms with Gasteiger partial charge in [0.1, 0.15) is 17.7 Å². The van der Waals surface area contributed by atoms with Crippen LogP contribution in [0, 0.1) is 11.3 Å². The first-order valence-corrected chi connectivity index (χ1v) is 8.06. The number of hydrogen-bond acceptors (Lipinski definition) is 4. The predicted molar refractivity (Wildman–Crippen MR) is 83.5 cm³/mol. The van der Waals surface area contributed by atoms with E-state index in [1.165, 1.54) is 24.2 Å². The zero-order chi connectivity index (χ0) is 14.9. The smallest absolute Gasteiger partial charge is 0.147 e. The van der Waals surface area contributed by atoms with Crippen molar-refractivity contribution < 1.29 is 0 Å². The van der Waals surface area contributed by atoms with Gasteiger partial charge >= 0.3 is 0 Å². The molecule has 1 N–H and O–H groups in total. The van der Waals surface area contributed by atoms with Gasteiger partial charge in [0, 0.05) is 18.4 Å². The standard InChI is InChI=1S/C17H19N5/c18-11-12-5-3-9-19-17(12)22-10-4-8-15(22)16-20-13-6-1-2-7-14(13)21-16/h3,5,9,15H,1-2,4,6-8,10H2,(H,20,21)/t15-/m1/s1. The quantitative estimate of drug-likeness (QED) is 0.924. The lowest BCUT2D eigenvalue weighted by Gasteiger charge is -2.24. The van der Waals surface area contributed by atoms with Crippen molar-refractivity contribution >= 4 is 5.82 Å². The molecule has 4 rings (SSSR count). The lowest BCUT2D eigenvalue weighted by atomic mass is 10.0. The van der Waals surface area contributed by atoms with Crippen molar-refractivity contribution in [3.05, 3.63) is 41.1 Å². The lowest BCUT2D eigenvalue weighted by Crippen LogP contribution is -2.25. The number of nitrogens with one attached hydrogen (secondary N) is 1. The van der Waals surface area contributed by atoms with E-state index in [1.807, 2.05) is 12.1 Å². The van der Waals surface area contributed by atoms with Crippen molar-refractivity contribution in [1.29, 1.82) is 5.26 Å². The number of anilines is 1. The van der Waals surface area contributed by atoms with Crippen molar-refractivity contribution in [2.45, 2.75) is 44.6 Å². The first-order valence-electron chi connectivity index (χ1n) is 8.06. The molecular weight excluding hydrogens is 274 g/mol. The molecule has 0 aromatic carbocycles. The van der Waals surface area contributed by atoms with Gasteiger partial charge in [-0.15, -0.1) is 0 Å². The first kappa shape index (κ1) is 13.3. The molecule has 1 fully saturated rings. The Labute approximate surface area is 130 Å². The second kappa shape index (κ2) is 5.45. The van der Waals surface area contributed by atoms with Crippen LogP contribution in [-0.4, -0.2) is 21.5 Å². The maximum Gasteiger partial charge on any atom is 0.147 e. The predicted octanol–water partition coefficient (Wildman–Crippen LogP) is 2.90. The Bertz CT molecular complexity index is 703. The van der Waals surface area contributed by atoms with Crippen LogP contribution in [0.3, 0.4) is 0 Å². The third kappa shape index (κ3) is 2.16. The zero-order valence-corrected chi connectivity index (χ0v) is 12.5. The third-order valence-corrected chi connectivity index (χ3v) is 4.72. The van der Waals surface area contributed by atoms with Gasteiger partial charge in [0.2, 0.25) is 0 Å². The number of nitriles is 1. The molecule has 5 heteroatoms.